The summed E-state index contributed by atoms with van der Waals surface area (Å²) in [5, 5.41) is 0. The normalized spacial score (nSPS) is 15.9. The van der Waals surface area contributed by atoms with E-state index in [0.29, 0.717) is 79.3 Å². The number of ether oxygens (including phenoxy) is 12. The van der Waals surface area contributed by atoms with E-state index in [0.717, 1.165) is 0 Å². The maximum Gasteiger partial charge on any atom is 0.349 e. The molecule has 0 radical (unpaired) electrons. The molecule has 0 aromatic carbocycles. The predicted octanol–water partition coefficient (Wildman–Crippen LogP) is 3.92. The highest BCUT2D eigenvalue weighted by atomic mass is 31.3. The highest BCUT2D eigenvalue weighted by Gasteiger charge is 2.43. The van der Waals surface area contributed by atoms with E-state index in [9.17, 15) is 0 Å². The van der Waals surface area contributed by atoms with Crippen LogP contribution in [0.1, 0.15) is 0 Å². The van der Waals surface area contributed by atoms with Crippen LogP contribution in [0.25, 0.3) is 0 Å². The van der Waals surface area contributed by atoms with Gasteiger partial charge in [0.2, 0.25) is 0 Å². The summed E-state index contributed by atoms with van der Waals surface area (Å²) < 4.78 is 118. The molecule has 0 saturated heterocycles. The summed E-state index contributed by atoms with van der Waals surface area (Å²) in [6.07, 6.45) is 0. The number of methoxy groups -OCH3 is 6. The van der Waals surface area contributed by atoms with Crippen molar-refractivity contribution in [2.24, 2.45) is 13.5 Å². The second kappa shape index (κ2) is 36.1. The highest BCUT2D eigenvalue weighted by molar-refractivity contribution is 7.78. The lowest BCUT2D eigenvalue weighted by Crippen LogP contribution is -2.15. The van der Waals surface area contributed by atoms with Gasteiger partial charge in [-0.25, -0.2) is 0 Å². The van der Waals surface area contributed by atoms with E-state index < -0.39 is 23.0 Å². The molecule has 54 heavy (non-hydrogen) atoms. The van der Waals surface area contributed by atoms with E-state index in [1.54, 1.807) is 42.7 Å². The molecule has 0 spiro atoms. The number of nitrogens with zero attached hydrogens (tertiary/aromatic N) is 3. The molecule has 0 aromatic heterocycles. The Morgan fingerprint density at radius 3 is 0.519 bits per heavy atom. The minimum Gasteiger partial charge on any atom is -0.382 e. The Kier molecular flexibility index (Phi) is 34.7. The fourth-order valence-electron chi connectivity index (χ4n) is 3.66. The Balaban J connectivity index is 3.71. The third-order valence-corrected chi connectivity index (χ3v) is 14.7. The zero-order valence-electron chi connectivity index (χ0n) is 33.0. The van der Waals surface area contributed by atoms with Gasteiger partial charge in [0.25, 0.3) is 0 Å². The largest absolute Gasteiger partial charge is 0.382 e. The summed E-state index contributed by atoms with van der Waals surface area (Å²) in [7, 11) is -1.61. The lowest BCUT2D eigenvalue weighted by Gasteiger charge is -2.33. The van der Waals surface area contributed by atoms with Crippen LogP contribution in [0.3, 0.4) is 0 Å². The van der Waals surface area contributed by atoms with Gasteiger partial charge in [0.1, 0.15) is 0 Å². The summed E-state index contributed by atoms with van der Waals surface area (Å²) in [4.78, 5) is 0. The van der Waals surface area contributed by atoms with E-state index >= 15 is 0 Å². The number of hydrogen-bond acceptors (Lipinski definition) is 21. The Hall–Kier alpha value is -0.0300. The predicted molar refractivity (Wildman–Crippen MR) is 200 cm³/mol. The molecule has 0 amide bonds. The van der Waals surface area contributed by atoms with Crippen LogP contribution in [0, 0.1) is 0 Å². The van der Waals surface area contributed by atoms with Crippen molar-refractivity contribution < 1.29 is 84.0 Å². The van der Waals surface area contributed by atoms with Crippen LogP contribution >= 0.6 is 23.0 Å². The van der Waals surface area contributed by atoms with Crippen LogP contribution in [0.4, 0.5) is 0 Å². The molecule has 0 aliphatic carbocycles. The zero-order chi connectivity index (χ0) is 39.3. The Bertz CT molecular complexity index is 835. The molecule has 0 N–H and O–H groups in total. The quantitative estimate of drug-likeness (QED) is 0.0631. The van der Waals surface area contributed by atoms with E-state index in [1.807, 2.05) is 0 Å². The van der Waals surface area contributed by atoms with Crippen molar-refractivity contribution >= 4 is 23.0 Å². The zero-order valence-corrected chi connectivity index (χ0v) is 35.7. The van der Waals surface area contributed by atoms with Crippen LogP contribution in [-0.4, -0.2) is 201 Å². The van der Waals surface area contributed by atoms with Crippen molar-refractivity contribution in [1.29, 1.82) is 0 Å². The molecule has 0 fully saturated rings. The van der Waals surface area contributed by atoms with Gasteiger partial charge in [0, 0.05) is 42.7 Å². The summed E-state index contributed by atoms with van der Waals surface area (Å²) in [5.41, 5.74) is 0. The van der Waals surface area contributed by atoms with Crippen molar-refractivity contribution in [1.82, 2.24) is 0 Å². The first-order valence-electron chi connectivity index (χ1n) is 17.7. The molecule has 24 heteroatoms. The minimum atomic E-state index is -3.72. The van der Waals surface area contributed by atoms with Gasteiger partial charge in [0.15, 0.2) is 0 Å². The Morgan fingerprint density at radius 1 is 0.222 bits per heavy atom. The highest BCUT2D eigenvalue weighted by Crippen LogP contribution is 2.80. The molecular formula is C30H66N3O18P3. The fourth-order valence-corrected chi connectivity index (χ4v) is 13.1. The number of rotatable bonds is 42. The Labute approximate surface area is 321 Å². The molecule has 21 nitrogen and oxygen atoms in total. The van der Waals surface area contributed by atoms with Gasteiger partial charge in [-0.2, -0.15) is 0 Å². The van der Waals surface area contributed by atoms with Gasteiger partial charge in [-0.1, -0.05) is 0 Å². The van der Waals surface area contributed by atoms with Crippen molar-refractivity contribution in [2.75, 3.05) is 201 Å². The van der Waals surface area contributed by atoms with Gasteiger partial charge in [-0.15, -0.1) is 13.5 Å². The van der Waals surface area contributed by atoms with E-state index in [2.05, 4.69) is 0 Å². The molecule has 324 valence electrons. The first-order chi connectivity index (χ1) is 26.5. The monoisotopic (exact) mass is 849 g/mol. The topological polar surface area (TPSA) is 203 Å². The molecular weight excluding hydrogens is 783 g/mol. The van der Waals surface area contributed by atoms with Crippen molar-refractivity contribution in [3.05, 3.63) is 0 Å². The second-order valence-electron chi connectivity index (χ2n) is 10.4. The molecule has 1 rings (SSSR count). The standard InChI is InChI=1S/C30H66N3O18P3/c1-34-7-13-40-19-25-46-52(47-26-20-41-14-8-35-2)31-53(48-27-21-42-15-9-36-3,49-28-22-43-16-10-37-4)33-54(32-52,50-29-23-44-17-11-38-5)51-30-24-45-18-12-39-6/h7-30H2,1-6H3. The molecule has 0 aromatic rings. The molecule has 1 aliphatic heterocycles. The SMILES string of the molecule is COCCOCCOP1(OCCOCCOC)=NP(OCCOCCOC)(OCCOCCOC)=NP(OCCOCCOC)(OCCOCCOC)=N1. The minimum absolute atomic E-state index is 0.0372. The smallest absolute Gasteiger partial charge is 0.349 e. The Morgan fingerprint density at radius 2 is 0.370 bits per heavy atom. The van der Waals surface area contributed by atoms with Crippen molar-refractivity contribution in [3.63, 3.8) is 0 Å². The summed E-state index contributed by atoms with van der Waals surface area (Å²) in [6.45, 7) is 5.91. The first kappa shape index (κ1) is 52.0. The molecule has 1 aliphatic rings. The van der Waals surface area contributed by atoms with Gasteiger partial charge in [-0.05, 0) is 0 Å². The van der Waals surface area contributed by atoms with Crippen molar-refractivity contribution in [2.45, 2.75) is 0 Å². The van der Waals surface area contributed by atoms with Gasteiger partial charge >= 0.3 is 23.0 Å². The van der Waals surface area contributed by atoms with Gasteiger partial charge in [0.05, 0.1) is 159 Å². The van der Waals surface area contributed by atoms with Crippen LogP contribution < -0.4 is 0 Å². The van der Waals surface area contributed by atoms with Crippen LogP contribution in [0.15, 0.2) is 13.5 Å². The first-order valence-corrected chi connectivity index (χ1v) is 22.3. The summed E-state index contributed by atoms with van der Waals surface area (Å²) in [6, 6.07) is 0. The average molecular weight is 850 g/mol. The van der Waals surface area contributed by atoms with Gasteiger partial charge in [-0.3, -0.25) is 0 Å². The lowest BCUT2D eigenvalue weighted by atomic mass is 10.7. The molecule has 0 saturated carbocycles. The third kappa shape index (κ3) is 26.1. The van der Waals surface area contributed by atoms with Crippen LogP contribution in [0.5, 0.6) is 0 Å². The van der Waals surface area contributed by atoms with E-state index in [4.69, 9.17) is 97.5 Å². The second-order valence-corrected chi connectivity index (χ2v) is 17.0. The van der Waals surface area contributed by atoms with E-state index in [1.165, 1.54) is 0 Å². The van der Waals surface area contributed by atoms with Crippen LogP contribution in [0.2, 0.25) is 0 Å². The molecule has 0 unspecified atom stereocenters. The van der Waals surface area contributed by atoms with Crippen LogP contribution in [-0.2, 0) is 84.0 Å². The summed E-state index contributed by atoms with van der Waals surface area (Å²) >= 11 is 0. The molecule has 1 heterocycles. The molecule has 0 atom stereocenters. The lowest BCUT2D eigenvalue weighted by molar-refractivity contribution is 0.0406. The fraction of sp³-hybridized carbons (Fsp3) is 1.00. The third-order valence-electron chi connectivity index (χ3n) is 6.19. The maximum atomic E-state index is 6.42. The maximum absolute atomic E-state index is 6.42. The van der Waals surface area contributed by atoms with Gasteiger partial charge < -0.3 is 84.0 Å². The number of hydrogen-bond donors (Lipinski definition) is 0. The van der Waals surface area contributed by atoms with Crippen molar-refractivity contribution in [3.8, 4) is 0 Å². The van der Waals surface area contributed by atoms with E-state index in [-0.39, 0.29) is 79.3 Å². The average Bonchev–Trinajstić information content (AvgIpc) is 3.17. The molecule has 0 bridgehead atoms. The summed E-state index contributed by atoms with van der Waals surface area (Å²) in [5.74, 6) is 0.